The van der Waals surface area contributed by atoms with Gasteiger partial charge in [-0.15, -0.1) is 5.10 Å². The lowest BCUT2D eigenvalue weighted by Gasteiger charge is -2.12. The number of methoxy groups -OCH3 is 4. The molecule has 0 amide bonds. The van der Waals surface area contributed by atoms with Crippen molar-refractivity contribution in [3.63, 3.8) is 0 Å². The standard InChI is InChI=1S/C22H19N3O6S/c1-28-15-10-14(11-16(29-2)18(15)30-3)19-23-22-25(24-19)20(26)17(32-22)9-12-5-7-13(8-6-12)21(27)31-4/h5-11H,1-4H3/b17-9-. The van der Waals surface area contributed by atoms with Crippen LogP contribution in [0.25, 0.3) is 22.4 Å². The van der Waals surface area contributed by atoms with Crippen LogP contribution in [0.4, 0.5) is 0 Å². The summed E-state index contributed by atoms with van der Waals surface area (Å²) in [5.41, 5.74) is 1.54. The highest BCUT2D eigenvalue weighted by atomic mass is 32.1. The fraction of sp³-hybridized carbons (Fsp3) is 0.182. The second kappa shape index (κ2) is 8.67. The number of nitrogens with zero attached hydrogens (tertiary/aromatic N) is 3. The van der Waals surface area contributed by atoms with E-state index in [1.165, 1.54) is 44.3 Å². The summed E-state index contributed by atoms with van der Waals surface area (Å²) in [5, 5.41) is 4.37. The maximum Gasteiger partial charge on any atom is 0.337 e. The molecule has 0 saturated carbocycles. The van der Waals surface area contributed by atoms with E-state index in [4.69, 9.17) is 18.9 Å². The monoisotopic (exact) mass is 453 g/mol. The Morgan fingerprint density at radius 3 is 2.19 bits per heavy atom. The van der Waals surface area contributed by atoms with E-state index < -0.39 is 5.97 Å². The normalized spacial score (nSPS) is 11.6. The van der Waals surface area contributed by atoms with E-state index in [-0.39, 0.29) is 5.56 Å². The van der Waals surface area contributed by atoms with E-state index in [0.717, 1.165) is 5.56 Å². The molecule has 2 heterocycles. The number of ether oxygens (including phenoxy) is 4. The molecule has 0 spiro atoms. The lowest BCUT2D eigenvalue weighted by atomic mass is 10.1. The SMILES string of the molecule is COC(=O)c1ccc(/C=c2\sc3nc(-c4cc(OC)c(OC)c(OC)c4)nn3c2=O)cc1. The molecule has 0 bridgehead atoms. The third-order valence-electron chi connectivity index (χ3n) is 4.73. The van der Waals surface area contributed by atoms with Crippen LogP contribution in [0.2, 0.25) is 0 Å². The smallest absolute Gasteiger partial charge is 0.337 e. The molecule has 2 aromatic carbocycles. The number of rotatable bonds is 6. The summed E-state index contributed by atoms with van der Waals surface area (Å²) in [6, 6.07) is 10.2. The van der Waals surface area contributed by atoms with Crippen LogP contribution in [0.3, 0.4) is 0 Å². The van der Waals surface area contributed by atoms with Crippen molar-refractivity contribution in [1.82, 2.24) is 14.6 Å². The van der Waals surface area contributed by atoms with Gasteiger partial charge in [-0.1, -0.05) is 23.5 Å². The van der Waals surface area contributed by atoms with Gasteiger partial charge in [0.1, 0.15) is 0 Å². The van der Waals surface area contributed by atoms with Crippen LogP contribution in [-0.2, 0) is 4.74 Å². The third kappa shape index (κ3) is 3.76. The molecule has 2 aromatic heterocycles. The fourth-order valence-electron chi connectivity index (χ4n) is 3.15. The first-order valence-electron chi connectivity index (χ1n) is 9.39. The number of hydrogen-bond acceptors (Lipinski definition) is 9. The second-order valence-electron chi connectivity index (χ2n) is 6.57. The van der Waals surface area contributed by atoms with Crippen molar-refractivity contribution in [1.29, 1.82) is 0 Å². The Morgan fingerprint density at radius 1 is 1.00 bits per heavy atom. The summed E-state index contributed by atoms with van der Waals surface area (Å²) < 4.78 is 22.5. The number of hydrogen-bond donors (Lipinski definition) is 0. The molecule has 0 atom stereocenters. The Bertz CT molecular complexity index is 1380. The van der Waals surface area contributed by atoms with E-state index in [9.17, 15) is 9.59 Å². The molecule has 0 aliphatic rings. The summed E-state index contributed by atoms with van der Waals surface area (Å²) in [7, 11) is 5.90. The van der Waals surface area contributed by atoms with Crippen LogP contribution < -0.4 is 24.3 Å². The predicted molar refractivity (Wildman–Crippen MR) is 119 cm³/mol. The zero-order valence-electron chi connectivity index (χ0n) is 17.7. The van der Waals surface area contributed by atoms with Gasteiger partial charge in [-0.05, 0) is 35.9 Å². The van der Waals surface area contributed by atoms with Gasteiger partial charge in [-0.25, -0.2) is 4.79 Å². The van der Waals surface area contributed by atoms with Crippen LogP contribution >= 0.6 is 11.3 Å². The Kier molecular flexibility index (Phi) is 5.78. The molecule has 9 nitrogen and oxygen atoms in total. The van der Waals surface area contributed by atoms with Crippen LogP contribution in [0.5, 0.6) is 17.2 Å². The molecule has 4 rings (SSSR count). The van der Waals surface area contributed by atoms with Crippen molar-refractivity contribution < 1.29 is 23.7 Å². The first kappa shape index (κ1) is 21.3. The lowest BCUT2D eigenvalue weighted by molar-refractivity contribution is 0.0600. The highest BCUT2D eigenvalue weighted by Gasteiger charge is 2.18. The van der Waals surface area contributed by atoms with Gasteiger partial charge in [0.05, 0.1) is 38.5 Å². The Hall–Kier alpha value is -3.92. The van der Waals surface area contributed by atoms with Gasteiger partial charge in [-0.3, -0.25) is 4.79 Å². The maximum absolute atomic E-state index is 12.8. The zero-order valence-corrected chi connectivity index (χ0v) is 18.6. The van der Waals surface area contributed by atoms with E-state index in [0.29, 0.717) is 43.7 Å². The molecule has 164 valence electrons. The van der Waals surface area contributed by atoms with Gasteiger partial charge in [0.25, 0.3) is 5.56 Å². The van der Waals surface area contributed by atoms with E-state index in [2.05, 4.69) is 10.1 Å². The minimum atomic E-state index is -0.417. The summed E-state index contributed by atoms with van der Waals surface area (Å²) in [5.74, 6) is 1.33. The van der Waals surface area contributed by atoms with E-state index >= 15 is 0 Å². The lowest BCUT2D eigenvalue weighted by Crippen LogP contribution is -2.23. The number of aromatic nitrogens is 3. The van der Waals surface area contributed by atoms with Crippen LogP contribution in [-0.4, -0.2) is 49.0 Å². The highest BCUT2D eigenvalue weighted by Crippen LogP contribution is 2.40. The predicted octanol–water partition coefficient (Wildman–Crippen LogP) is 2.18. The summed E-state index contributed by atoms with van der Waals surface area (Å²) in [6.45, 7) is 0. The summed E-state index contributed by atoms with van der Waals surface area (Å²) >= 11 is 1.22. The molecule has 0 unspecified atom stereocenters. The molecular formula is C22H19N3O6S. The van der Waals surface area contributed by atoms with Gasteiger partial charge in [0, 0.05) is 5.56 Å². The molecule has 32 heavy (non-hydrogen) atoms. The molecule has 0 N–H and O–H groups in total. The van der Waals surface area contributed by atoms with Crippen LogP contribution in [0.1, 0.15) is 15.9 Å². The molecule has 4 aromatic rings. The fourth-order valence-corrected chi connectivity index (χ4v) is 4.06. The first-order valence-corrected chi connectivity index (χ1v) is 10.2. The number of esters is 1. The molecular weight excluding hydrogens is 434 g/mol. The molecule has 0 aliphatic heterocycles. The van der Waals surface area contributed by atoms with Crippen LogP contribution in [0, 0.1) is 0 Å². The van der Waals surface area contributed by atoms with Crippen molar-refractivity contribution in [3.05, 3.63) is 62.4 Å². The van der Waals surface area contributed by atoms with Crippen molar-refractivity contribution >= 4 is 28.3 Å². The number of carbonyl (C=O) groups is 1. The Morgan fingerprint density at radius 2 is 1.66 bits per heavy atom. The van der Waals surface area contributed by atoms with E-state index in [1.54, 1.807) is 42.5 Å². The molecule has 0 radical (unpaired) electrons. The molecule has 0 saturated heterocycles. The second-order valence-corrected chi connectivity index (χ2v) is 7.58. The molecule has 0 fully saturated rings. The third-order valence-corrected chi connectivity index (χ3v) is 5.69. The maximum atomic E-state index is 12.8. The quantitative estimate of drug-likeness (QED) is 0.410. The van der Waals surface area contributed by atoms with Gasteiger partial charge in [0.2, 0.25) is 10.7 Å². The average Bonchev–Trinajstić information content (AvgIpc) is 3.37. The number of thiazole rings is 1. The Balaban J connectivity index is 1.73. The topological polar surface area (TPSA) is 101 Å². The molecule has 0 aliphatic carbocycles. The van der Waals surface area contributed by atoms with Crippen LogP contribution in [0.15, 0.2) is 41.2 Å². The van der Waals surface area contributed by atoms with Crippen molar-refractivity contribution in [2.75, 3.05) is 28.4 Å². The number of carbonyl (C=O) groups excluding carboxylic acids is 1. The largest absolute Gasteiger partial charge is 0.493 e. The minimum absolute atomic E-state index is 0.284. The van der Waals surface area contributed by atoms with Gasteiger partial charge < -0.3 is 18.9 Å². The number of benzene rings is 2. The van der Waals surface area contributed by atoms with Crippen molar-refractivity contribution in [3.8, 4) is 28.6 Å². The summed E-state index contributed by atoms with van der Waals surface area (Å²) in [6.07, 6.45) is 1.73. The van der Waals surface area contributed by atoms with Crippen molar-refractivity contribution in [2.45, 2.75) is 0 Å². The van der Waals surface area contributed by atoms with Gasteiger partial charge >= 0.3 is 5.97 Å². The van der Waals surface area contributed by atoms with Gasteiger partial charge in [-0.2, -0.15) is 9.50 Å². The average molecular weight is 453 g/mol. The minimum Gasteiger partial charge on any atom is -0.493 e. The van der Waals surface area contributed by atoms with Crippen molar-refractivity contribution in [2.24, 2.45) is 0 Å². The molecule has 10 heteroatoms. The summed E-state index contributed by atoms with van der Waals surface area (Å²) in [4.78, 5) is 29.4. The number of fused-ring (bicyclic) bond motifs is 1. The first-order chi connectivity index (χ1) is 15.5. The Labute approximate surface area is 186 Å². The van der Waals surface area contributed by atoms with Gasteiger partial charge in [0.15, 0.2) is 17.3 Å². The highest BCUT2D eigenvalue weighted by molar-refractivity contribution is 7.15. The zero-order chi connectivity index (χ0) is 22.8. The van der Waals surface area contributed by atoms with E-state index in [1.807, 2.05) is 0 Å².